The summed E-state index contributed by atoms with van der Waals surface area (Å²) in [5.74, 6) is -49.1. The summed E-state index contributed by atoms with van der Waals surface area (Å²) in [6.45, 7) is 0.193. The summed E-state index contributed by atoms with van der Waals surface area (Å²) >= 11 is 0. The first-order valence-corrected chi connectivity index (χ1v) is 6.48. The zero-order valence-electron chi connectivity index (χ0n) is 13.6. The van der Waals surface area contributed by atoms with Crippen molar-refractivity contribution in [3.63, 3.8) is 0 Å². The molecule has 0 unspecified atom stereocenters. The van der Waals surface area contributed by atoms with Gasteiger partial charge in [-0.05, 0) is 6.92 Å². The fourth-order valence-corrected chi connectivity index (χ4v) is 1.56. The van der Waals surface area contributed by atoms with Gasteiger partial charge in [0.05, 0.1) is 7.11 Å². The zero-order valence-corrected chi connectivity index (χ0v) is 13.6. The SMILES string of the molecule is COC(=O)C(C)=CC(F)(F)C(F)(F)C(F)(F)C(F)(F)C(F)(F)C(F)(F)C(F)(F)F. The summed E-state index contributed by atoms with van der Waals surface area (Å²) in [6.07, 6.45) is -9.10. The molecule has 0 aliphatic heterocycles. The molecule has 0 saturated heterocycles. The van der Waals surface area contributed by atoms with Crippen molar-refractivity contribution in [1.82, 2.24) is 0 Å². The minimum absolute atomic E-state index is 0.193. The molecule has 0 spiro atoms. The van der Waals surface area contributed by atoms with Crippen LogP contribution >= 0.6 is 0 Å². The van der Waals surface area contributed by atoms with E-state index in [0.717, 1.165) is 0 Å². The molecule has 0 aromatic rings. The second kappa shape index (κ2) is 7.14. The predicted molar refractivity (Wildman–Crippen MR) is 61.5 cm³/mol. The molecule has 0 fully saturated rings. The van der Waals surface area contributed by atoms with E-state index in [0.29, 0.717) is 7.11 Å². The number of ether oxygens (including phenoxy) is 1. The van der Waals surface area contributed by atoms with Crippen LogP contribution in [0.4, 0.5) is 65.9 Å². The Hall–Kier alpha value is -1.84. The monoisotopic (exact) mass is 468 g/mol. The topological polar surface area (TPSA) is 26.3 Å². The van der Waals surface area contributed by atoms with Crippen molar-refractivity contribution in [2.24, 2.45) is 0 Å². The van der Waals surface area contributed by atoms with E-state index in [1.807, 2.05) is 0 Å². The number of allylic oxidation sites excluding steroid dienone is 1. The van der Waals surface area contributed by atoms with Crippen LogP contribution in [-0.4, -0.2) is 54.8 Å². The van der Waals surface area contributed by atoms with Crippen LogP contribution in [0.5, 0.6) is 0 Å². The second-order valence-corrected chi connectivity index (χ2v) is 5.31. The van der Waals surface area contributed by atoms with Crippen molar-refractivity contribution >= 4 is 5.97 Å². The van der Waals surface area contributed by atoms with Crippen LogP contribution in [0.3, 0.4) is 0 Å². The van der Waals surface area contributed by atoms with E-state index in [4.69, 9.17) is 0 Å². The van der Waals surface area contributed by atoms with E-state index in [2.05, 4.69) is 4.74 Å². The van der Waals surface area contributed by atoms with Crippen LogP contribution < -0.4 is 0 Å². The first-order chi connectivity index (χ1) is 12.4. The molecule has 0 aromatic carbocycles. The molecule has 0 heterocycles. The van der Waals surface area contributed by atoms with Gasteiger partial charge in [0.25, 0.3) is 0 Å². The van der Waals surface area contributed by atoms with Gasteiger partial charge in [0.2, 0.25) is 0 Å². The standard InChI is InChI=1S/C12H7F15O2/c1-4(5(28)29-2)3-6(13,14)7(15,16)8(17,18)9(19,20)10(21,22)11(23,24)12(25,26)27/h3H,1-2H3. The number of esters is 1. The molecule has 0 saturated carbocycles. The molecule has 0 aliphatic rings. The molecule has 0 N–H and O–H groups in total. The van der Waals surface area contributed by atoms with E-state index >= 15 is 0 Å². The Balaban J connectivity index is 6.61. The van der Waals surface area contributed by atoms with E-state index in [1.165, 1.54) is 0 Å². The van der Waals surface area contributed by atoms with Crippen molar-refractivity contribution < 1.29 is 75.4 Å². The van der Waals surface area contributed by atoms with E-state index < -0.39 is 59.3 Å². The third-order valence-electron chi connectivity index (χ3n) is 3.26. The highest BCUT2D eigenvalue weighted by molar-refractivity contribution is 5.87. The van der Waals surface area contributed by atoms with Gasteiger partial charge >= 0.3 is 47.7 Å². The van der Waals surface area contributed by atoms with Crippen LogP contribution in [0.2, 0.25) is 0 Å². The Morgan fingerprint density at radius 3 is 1.24 bits per heavy atom. The Kier molecular flexibility index (Phi) is 6.69. The Bertz CT molecular complexity index is 659. The van der Waals surface area contributed by atoms with Crippen LogP contribution in [0.15, 0.2) is 11.6 Å². The molecular formula is C12H7F15O2. The number of hydrogen-bond acceptors (Lipinski definition) is 2. The Morgan fingerprint density at radius 2 is 0.931 bits per heavy atom. The number of carbonyl (C=O) groups is 1. The van der Waals surface area contributed by atoms with E-state index in [9.17, 15) is 70.7 Å². The zero-order chi connectivity index (χ0) is 24.1. The van der Waals surface area contributed by atoms with Gasteiger partial charge < -0.3 is 4.74 Å². The maximum Gasteiger partial charge on any atom is 0.460 e. The highest BCUT2D eigenvalue weighted by Crippen LogP contribution is 2.62. The highest BCUT2D eigenvalue weighted by atomic mass is 19.4. The van der Waals surface area contributed by atoms with Crippen LogP contribution in [0, 0.1) is 0 Å². The van der Waals surface area contributed by atoms with Crippen molar-refractivity contribution in [3.8, 4) is 0 Å². The van der Waals surface area contributed by atoms with Gasteiger partial charge in [0, 0.05) is 11.6 Å². The summed E-state index contributed by atoms with van der Waals surface area (Å²) < 4.78 is 197. The average molecular weight is 468 g/mol. The van der Waals surface area contributed by atoms with Crippen LogP contribution in [0.25, 0.3) is 0 Å². The molecule has 0 bridgehead atoms. The summed E-state index contributed by atoms with van der Waals surface area (Å²) in [6, 6.07) is 0. The van der Waals surface area contributed by atoms with Crippen LogP contribution in [0.1, 0.15) is 6.92 Å². The normalized spacial score (nSPS) is 16.1. The number of carbonyl (C=O) groups excluding carboxylic acids is 1. The van der Waals surface area contributed by atoms with Crippen molar-refractivity contribution in [2.45, 2.75) is 48.6 Å². The number of halogens is 15. The third kappa shape index (κ3) is 3.83. The maximum absolute atomic E-state index is 13.4. The lowest BCUT2D eigenvalue weighted by Crippen LogP contribution is -2.72. The minimum atomic E-state index is -8.36. The first-order valence-electron chi connectivity index (χ1n) is 6.48. The highest BCUT2D eigenvalue weighted by Gasteiger charge is 2.93. The summed E-state index contributed by atoms with van der Waals surface area (Å²) in [5, 5.41) is 0. The smallest absolute Gasteiger partial charge is 0.460 e. The number of rotatable bonds is 7. The molecule has 17 heteroatoms. The van der Waals surface area contributed by atoms with Gasteiger partial charge in [-0.25, -0.2) is 4.79 Å². The second-order valence-electron chi connectivity index (χ2n) is 5.31. The lowest BCUT2D eigenvalue weighted by molar-refractivity contribution is -0.449. The van der Waals surface area contributed by atoms with Gasteiger partial charge in [-0.1, -0.05) is 0 Å². The molecule has 0 amide bonds. The Morgan fingerprint density at radius 1 is 0.621 bits per heavy atom. The number of hydrogen-bond donors (Lipinski definition) is 0. The molecular weight excluding hydrogens is 461 g/mol. The number of methoxy groups -OCH3 is 1. The van der Waals surface area contributed by atoms with Gasteiger partial charge in [0.1, 0.15) is 0 Å². The van der Waals surface area contributed by atoms with Crippen molar-refractivity contribution in [2.75, 3.05) is 7.11 Å². The summed E-state index contributed by atoms with van der Waals surface area (Å²) in [5.41, 5.74) is -1.65. The van der Waals surface area contributed by atoms with Gasteiger partial charge in [-0.3, -0.25) is 0 Å². The first kappa shape index (κ1) is 27.2. The van der Waals surface area contributed by atoms with Gasteiger partial charge in [0.15, 0.2) is 0 Å². The summed E-state index contributed by atoms with van der Waals surface area (Å²) in [7, 11) is 0.457. The van der Waals surface area contributed by atoms with Crippen LogP contribution in [-0.2, 0) is 9.53 Å². The lowest BCUT2D eigenvalue weighted by atomic mass is 9.90. The van der Waals surface area contributed by atoms with Crippen molar-refractivity contribution in [3.05, 3.63) is 11.6 Å². The molecule has 2 nitrogen and oxygen atoms in total. The Labute approximate surface area is 150 Å². The largest absolute Gasteiger partial charge is 0.466 e. The minimum Gasteiger partial charge on any atom is -0.466 e. The van der Waals surface area contributed by atoms with Crippen molar-refractivity contribution in [1.29, 1.82) is 0 Å². The average Bonchev–Trinajstić information content (AvgIpc) is 2.51. The summed E-state index contributed by atoms with van der Waals surface area (Å²) in [4.78, 5) is 10.8. The molecule has 0 rings (SSSR count). The van der Waals surface area contributed by atoms with E-state index in [-0.39, 0.29) is 6.92 Å². The molecule has 172 valence electrons. The number of alkyl halides is 15. The lowest BCUT2D eigenvalue weighted by Gasteiger charge is -2.41. The fourth-order valence-electron chi connectivity index (χ4n) is 1.56. The molecule has 0 aliphatic carbocycles. The molecule has 0 aromatic heterocycles. The third-order valence-corrected chi connectivity index (χ3v) is 3.26. The maximum atomic E-state index is 13.4. The van der Waals surface area contributed by atoms with E-state index in [1.54, 1.807) is 0 Å². The predicted octanol–water partition coefficient (Wildman–Crippen LogP) is 5.48. The quantitative estimate of drug-likeness (QED) is 0.281. The van der Waals surface area contributed by atoms with Gasteiger partial charge in [-0.2, -0.15) is 65.9 Å². The molecule has 29 heavy (non-hydrogen) atoms. The molecule has 0 atom stereocenters. The fraction of sp³-hybridized carbons (Fsp3) is 0.750. The van der Waals surface area contributed by atoms with Gasteiger partial charge in [-0.15, -0.1) is 0 Å². The molecule has 0 radical (unpaired) electrons.